The van der Waals surface area contributed by atoms with Crippen LogP contribution in [0.15, 0.2) is 12.4 Å². The number of halogens is 1. The van der Waals surface area contributed by atoms with Gasteiger partial charge in [-0.2, -0.15) is 0 Å². The standard InChI is InChI=1S/C10H18N4O5.ClH/c15-5-3-13(4-6-16)7-10(17,8-14(18)19)9-11-1-2-12-9;/h1-2,15-17H,3-8H2,(H,11,12);1H. The maximum atomic E-state index is 10.7. The summed E-state index contributed by atoms with van der Waals surface area (Å²) in [7, 11) is 0. The van der Waals surface area contributed by atoms with Crippen molar-refractivity contribution in [3.05, 3.63) is 28.3 Å². The van der Waals surface area contributed by atoms with Gasteiger partial charge in [0.25, 0.3) is 0 Å². The Hall–Kier alpha value is -1.26. The maximum absolute atomic E-state index is 10.7. The minimum absolute atomic E-state index is 0. The molecule has 0 amide bonds. The Bertz CT molecular complexity index is 385. The van der Waals surface area contributed by atoms with Gasteiger partial charge in [0.2, 0.25) is 6.54 Å². The smallest absolute Gasteiger partial charge is 0.240 e. The van der Waals surface area contributed by atoms with Crippen LogP contribution in [0.1, 0.15) is 5.82 Å². The van der Waals surface area contributed by atoms with Crippen molar-refractivity contribution >= 4 is 12.4 Å². The number of H-pyrrole nitrogens is 1. The van der Waals surface area contributed by atoms with Gasteiger partial charge in [-0.3, -0.25) is 15.0 Å². The highest BCUT2D eigenvalue weighted by molar-refractivity contribution is 5.85. The van der Waals surface area contributed by atoms with Gasteiger partial charge < -0.3 is 20.3 Å². The van der Waals surface area contributed by atoms with Crippen LogP contribution in [0, 0.1) is 10.1 Å². The number of aliphatic hydroxyl groups is 3. The van der Waals surface area contributed by atoms with Gasteiger partial charge in [0.15, 0.2) is 5.60 Å². The molecule has 0 fully saturated rings. The molecule has 10 heteroatoms. The van der Waals surface area contributed by atoms with Gasteiger partial charge in [0.05, 0.1) is 13.2 Å². The summed E-state index contributed by atoms with van der Waals surface area (Å²) in [6.07, 6.45) is 2.85. The molecule has 4 N–H and O–H groups in total. The molecule has 1 unspecified atom stereocenters. The van der Waals surface area contributed by atoms with E-state index in [9.17, 15) is 15.2 Å². The van der Waals surface area contributed by atoms with Crippen molar-refractivity contribution in [1.29, 1.82) is 0 Å². The van der Waals surface area contributed by atoms with E-state index in [0.29, 0.717) is 0 Å². The summed E-state index contributed by atoms with van der Waals surface area (Å²) in [6.45, 7) is -0.779. The third-order valence-electron chi connectivity index (χ3n) is 2.65. The van der Waals surface area contributed by atoms with Crippen molar-refractivity contribution in [3.63, 3.8) is 0 Å². The van der Waals surface area contributed by atoms with Crippen molar-refractivity contribution < 1.29 is 20.2 Å². The third-order valence-corrected chi connectivity index (χ3v) is 2.65. The Morgan fingerprint density at radius 1 is 1.40 bits per heavy atom. The molecule has 1 atom stereocenters. The lowest BCUT2D eigenvalue weighted by molar-refractivity contribution is -0.503. The zero-order valence-electron chi connectivity index (χ0n) is 10.8. The average Bonchev–Trinajstić information content (AvgIpc) is 2.82. The molecule has 0 saturated heterocycles. The highest BCUT2D eigenvalue weighted by Gasteiger charge is 2.39. The molecule has 0 bridgehead atoms. The summed E-state index contributed by atoms with van der Waals surface area (Å²) < 4.78 is 0. The SMILES string of the molecule is Cl.O=[N+]([O-])CC(O)(CN(CCO)CCO)c1ncc[nH]1. The Morgan fingerprint density at radius 2 is 2.00 bits per heavy atom. The van der Waals surface area contributed by atoms with E-state index in [1.807, 2.05) is 0 Å². The minimum atomic E-state index is -1.79. The fourth-order valence-corrected chi connectivity index (χ4v) is 1.86. The normalized spacial score (nSPS) is 13.8. The van der Waals surface area contributed by atoms with Gasteiger partial charge in [-0.1, -0.05) is 0 Å². The molecule has 0 saturated carbocycles. The van der Waals surface area contributed by atoms with Crippen molar-refractivity contribution in [2.24, 2.45) is 0 Å². The Morgan fingerprint density at radius 3 is 2.40 bits per heavy atom. The van der Waals surface area contributed by atoms with Crippen molar-refractivity contribution in [3.8, 4) is 0 Å². The molecule has 0 aromatic carbocycles. The van der Waals surface area contributed by atoms with Gasteiger partial charge in [-0.05, 0) is 0 Å². The van der Waals surface area contributed by atoms with Crippen LogP contribution >= 0.6 is 12.4 Å². The van der Waals surface area contributed by atoms with Crippen LogP contribution in [0.25, 0.3) is 0 Å². The predicted molar refractivity (Wildman–Crippen MR) is 72.2 cm³/mol. The summed E-state index contributed by atoms with van der Waals surface area (Å²) in [5, 5.41) is 38.9. The predicted octanol–water partition coefficient (Wildman–Crippen LogP) is -1.42. The number of imidazole rings is 1. The van der Waals surface area contributed by atoms with E-state index < -0.39 is 17.1 Å². The zero-order chi connectivity index (χ0) is 14.3. The second-order valence-corrected chi connectivity index (χ2v) is 4.18. The average molecular weight is 311 g/mol. The number of aromatic amines is 1. The van der Waals surface area contributed by atoms with Gasteiger partial charge in [-0.25, -0.2) is 4.98 Å². The largest absolute Gasteiger partial charge is 0.395 e. The summed E-state index contributed by atoms with van der Waals surface area (Å²) in [4.78, 5) is 18.1. The summed E-state index contributed by atoms with van der Waals surface area (Å²) in [5.41, 5.74) is -1.79. The first-order chi connectivity index (χ1) is 9.01. The second-order valence-electron chi connectivity index (χ2n) is 4.18. The molecule has 0 aliphatic carbocycles. The van der Waals surface area contributed by atoms with Gasteiger partial charge >= 0.3 is 0 Å². The first-order valence-electron chi connectivity index (χ1n) is 5.80. The number of aliphatic hydroxyl groups excluding tert-OH is 2. The maximum Gasteiger partial charge on any atom is 0.240 e. The van der Waals surface area contributed by atoms with E-state index in [1.165, 1.54) is 17.3 Å². The lowest BCUT2D eigenvalue weighted by atomic mass is 10.0. The van der Waals surface area contributed by atoms with Crippen LogP contribution in [-0.4, -0.2) is 74.5 Å². The highest BCUT2D eigenvalue weighted by Crippen LogP contribution is 2.19. The molecule has 20 heavy (non-hydrogen) atoms. The molecular weight excluding hydrogens is 292 g/mol. The number of nitrogens with zero attached hydrogens (tertiary/aromatic N) is 3. The van der Waals surface area contributed by atoms with Crippen LogP contribution in [0.4, 0.5) is 0 Å². The summed E-state index contributed by atoms with van der Waals surface area (Å²) in [6, 6.07) is 0. The summed E-state index contributed by atoms with van der Waals surface area (Å²) >= 11 is 0. The molecule has 9 nitrogen and oxygen atoms in total. The molecule has 116 valence electrons. The highest BCUT2D eigenvalue weighted by atomic mass is 35.5. The number of rotatable bonds is 9. The van der Waals surface area contributed by atoms with Gasteiger partial charge in [0, 0.05) is 37.0 Å². The Balaban J connectivity index is 0.00000361. The first kappa shape index (κ1) is 18.7. The second kappa shape index (κ2) is 8.82. The van der Waals surface area contributed by atoms with Crippen molar-refractivity contribution in [1.82, 2.24) is 14.9 Å². The van der Waals surface area contributed by atoms with Crippen LogP contribution in [-0.2, 0) is 5.60 Å². The molecule has 0 aliphatic rings. The quantitative estimate of drug-likeness (QED) is 0.325. The molecule has 1 heterocycles. The van der Waals surface area contributed by atoms with E-state index in [2.05, 4.69) is 9.97 Å². The topological polar surface area (TPSA) is 136 Å². The number of hydrogen-bond donors (Lipinski definition) is 4. The number of hydrogen-bond acceptors (Lipinski definition) is 7. The monoisotopic (exact) mass is 310 g/mol. The molecule has 1 rings (SSSR count). The number of aromatic nitrogens is 2. The third kappa shape index (κ3) is 5.39. The molecule has 1 aromatic heterocycles. The van der Waals surface area contributed by atoms with Crippen LogP contribution < -0.4 is 0 Å². The van der Waals surface area contributed by atoms with Crippen LogP contribution in [0.5, 0.6) is 0 Å². The molecule has 0 spiro atoms. The van der Waals surface area contributed by atoms with Gasteiger partial charge in [-0.15, -0.1) is 12.4 Å². The van der Waals surface area contributed by atoms with Crippen LogP contribution in [0.3, 0.4) is 0 Å². The van der Waals surface area contributed by atoms with E-state index >= 15 is 0 Å². The number of nitro groups is 1. The number of nitrogens with one attached hydrogen (secondary N) is 1. The van der Waals surface area contributed by atoms with E-state index in [0.717, 1.165) is 0 Å². The zero-order valence-corrected chi connectivity index (χ0v) is 11.6. The minimum Gasteiger partial charge on any atom is -0.395 e. The Labute approximate surface area is 121 Å². The first-order valence-corrected chi connectivity index (χ1v) is 5.80. The van der Waals surface area contributed by atoms with Crippen molar-refractivity contribution in [2.45, 2.75) is 5.60 Å². The molecular formula is C10H19ClN4O5. The molecule has 0 aliphatic heterocycles. The lowest BCUT2D eigenvalue weighted by Gasteiger charge is -2.29. The fourth-order valence-electron chi connectivity index (χ4n) is 1.86. The van der Waals surface area contributed by atoms with E-state index in [-0.39, 0.29) is 51.1 Å². The Kier molecular flexibility index (Phi) is 8.26. The van der Waals surface area contributed by atoms with E-state index in [4.69, 9.17) is 10.2 Å². The lowest BCUT2D eigenvalue weighted by Crippen LogP contribution is -2.47. The van der Waals surface area contributed by atoms with Crippen LogP contribution in [0.2, 0.25) is 0 Å². The molecule has 0 radical (unpaired) electrons. The van der Waals surface area contributed by atoms with Crippen molar-refractivity contribution in [2.75, 3.05) is 39.4 Å². The summed E-state index contributed by atoms with van der Waals surface area (Å²) in [5.74, 6) is 0.0880. The van der Waals surface area contributed by atoms with E-state index in [1.54, 1.807) is 0 Å². The van der Waals surface area contributed by atoms with Gasteiger partial charge in [0.1, 0.15) is 5.82 Å². The molecule has 1 aromatic rings. The fraction of sp³-hybridized carbons (Fsp3) is 0.700.